The summed E-state index contributed by atoms with van der Waals surface area (Å²) >= 11 is 0.553. The summed E-state index contributed by atoms with van der Waals surface area (Å²) < 4.78 is 69.1. The Labute approximate surface area is 180 Å². The molecule has 3 aromatic carbocycles. The smallest absolute Gasteiger partial charge is 0.282 e. The average molecular weight is 487 g/mol. The van der Waals surface area contributed by atoms with Gasteiger partial charge in [0, 0.05) is 10.3 Å². The molecule has 0 heterocycles. The van der Waals surface area contributed by atoms with Gasteiger partial charge in [-0.25, -0.2) is 5.26 Å². The second-order valence-electron chi connectivity index (χ2n) is 6.11. The number of hydrogen-bond donors (Lipinski definition) is 3. The van der Waals surface area contributed by atoms with Crippen LogP contribution in [0.3, 0.4) is 0 Å². The van der Waals surface area contributed by atoms with Gasteiger partial charge in [0.2, 0.25) is 0 Å². The van der Waals surface area contributed by atoms with Gasteiger partial charge in [-0.05, 0) is 54.3 Å². The molecule has 0 fully saturated rings. The van der Waals surface area contributed by atoms with E-state index < -0.39 is 25.1 Å². The minimum absolute atomic E-state index is 0.225. The maximum Gasteiger partial charge on any atom is 0.296 e. The first kappa shape index (κ1) is 23.2. The summed E-state index contributed by atoms with van der Waals surface area (Å²) in [7, 11) is -9.03. The van der Waals surface area contributed by atoms with Crippen molar-refractivity contribution >= 4 is 54.4 Å². The quantitative estimate of drug-likeness (QED) is 0.142. The summed E-state index contributed by atoms with van der Waals surface area (Å²) in [5.41, 5.74) is 0.756. The fraction of sp³-hybridized carbons (Fsp3) is 0.0588. The normalized spacial score (nSPS) is 12.6. The first-order valence-electron chi connectivity index (χ1n) is 8.19. The molecule has 11 nitrogen and oxygen atoms in total. The van der Waals surface area contributed by atoms with Crippen molar-refractivity contribution in [2.24, 2.45) is 10.2 Å². The van der Waals surface area contributed by atoms with E-state index in [-0.39, 0.29) is 21.2 Å². The van der Waals surface area contributed by atoms with Crippen LogP contribution in [0.4, 0.5) is 11.4 Å². The number of azo groups is 1. The van der Waals surface area contributed by atoms with E-state index in [0.29, 0.717) is 28.4 Å². The Morgan fingerprint density at radius 2 is 1.55 bits per heavy atom. The lowest BCUT2D eigenvalue weighted by atomic mass is 10.0. The van der Waals surface area contributed by atoms with Gasteiger partial charge in [0.15, 0.2) is 0 Å². The van der Waals surface area contributed by atoms with Crippen molar-refractivity contribution in [3.8, 4) is 0 Å². The van der Waals surface area contributed by atoms with E-state index in [1.165, 1.54) is 30.3 Å². The molecule has 164 valence electrons. The molecule has 0 aliphatic rings. The zero-order valence-corrected chi connectivity index (χ0v) is 18.0. The predicted molar refractivity (Wildman–Crippen MR) is 110 cm³/mol. The fourth-order valence-electron chi connectivity index (χ4n) is 2.71. The van der Waals surface area contributed by atoms with Crippen molar-refractivity contribution in [3.05, 3.63) is 54.1 Å². The van der Waals surface area contributed by atoms with Crippen molar-refractivity contribution < 1.29 is 40.6 Å². The maximum atomic E-state index is 11.6. The molecule has 3 N–H and O–H groups in total. The molecule has 0 saturated carbocycles. The molecule has 0 radical (unpaired) electrons. The van der Waals surface area contributed by atoms with Crippen LogP contribution in [0, 0.1) is 6.92 Å². The van der Waals surface area contributed by atoms with E-state index in [9.17, 15) is 25.9 Å². The van der Waals surface area contributed by atoms with Crippen molar-refractivity contribution in [2.75, 3.05) is 0 Å². The highest BCUT2D eigenvalue weighted by Crippen LogP contribution is 2.34. The zero-order chi connectivity index (χ0) is 22.8. The highest BCUT2D eigenvalue weighted by atomic mass is 32.2. The van der Waals surface area contributed by atoms with Gasteiger partial charge in [0.25, 0.3) is 20.2 Å². The van der Waals surface area contributed by atoms with Crippen LogP contribution in [0.25, 0.3) is 10.8 Å². The Morgan fingerprint density at radius 1 is 0.839 bits per heavy atom. The minimum atomic E-state index is -4.63. The third-order valence-electron chi connectivity index (χ3n) is 4.12. The molecule has 0 aromatic heterocycles. The summed E-state index contributed by atoms with van der Waals surface area (Å²) in [5, 5.41) is 20.7. The molecule has 31 heavy (non-hydrogen) atoms. The molecule has 14 heteroatoms. The Morgan fingerprint density at radius 3 is 2.19 bits per heavy atom. The molecule has 0 aliphatic heterocycles. The molecule has 0 spiro atoms. The minimum Gasteiger partial charge on any atom is -0.282 e. The van der Waals surface area contributed by atoms with E-state index in [1.54, 1.807) is 19.1 Å². The number of nitrogens with zero attached hydrogens (tertiary/aromatic N) is 2. The van der Waals surface area contributed by atoms with Crippen LogP contribution in [0.2, 0.25) is 0 Å². The summed E-state index contributed by atoms with van der Waals surface area (Å²) in [6.07, 6.45) is 0. The molecule has 0 saturated heterocycles. The number of rotatable bonds is 7. The van der Waals surface area contributed by atoms with Crippen LogP contribution in [0.15, 0.2) is 73.4 Å². The molecule has 0 atom stereocenters. The van der Waals surface area contributed by atoms with Gasteiger partial charge in [-0.1, -0.05) is 17.2 Å². The fourth-order valence-corrected chi connectivity index (χ4v) is 4.21. The van der Waals surface area contributed by atoms with E-state index in [0.717, 1.165) is 6.07 Å². The summed E-state index contributed by atoms with van der Waals surface area (Å²) in [6, 6.07) is 10.7. The number of hydrogen-bond acceptors (Lipinski definition) is 10. The second kappa shape index (κ2) is 8.97. The number of fused-ring (bicyclic) bond motifs is 1. The topological polar surface area (TPSA) is 172 Å². The van der Waals surface area contributed by atoms with Gasteiger partial charge in [0.05, 0.1) is 22.6 Å². The van der Waals surface area contributed by atoms with Crippen LogP contribution in [0.5, 0.6) is 0 Å². The van der Waals surface area contributed by atoms with Gasteiger partial charge < -0.3 is 0 Å². The van der Waals surface area contributed by atoms with Gasteiger partial charge in [-0.15, -0.1) is 14.6 Å². The lowest BCUT2D eigenvalue weighted by Gasteiger charge is -2.07. The van der Waals surface area contributed by atoms with Crippen molar-refractivity contribution in [3.63, 3.8) is 0 Å². The van der Waals surface area contributed by atoms with Crippen LogP contribution >= 0.6 is 12.0 Å². The van der Waals surface area contributed by atoms with Crippen LogP contribution in [-0.4, -0.2) is 31.2 Å². The SMILES string of the molecule is Cc1ccc(N=Nc2cc(SOOO)ccc2S(=O)(=O)O)c2ccc(S(=O)(=O)O)cc12. The van der Waals surface area contributed by atoms with Gasteiger partial charge in [-0.3, -0.25) is 9.11 Å². The van der Waals surface area contributed by atoms with Gasteiger partial charge in [-0.2, -0.15) is 16.8 Å². The largest absolute Gasteiger partial charge is 0.296 e. The predicted octanol–water partition coefficient (Wildman–Crippen LogP) is 4.49. The lowest BCUT2D eigenvalue weighted by Crippen LogP contribution is -1.98. The molecule has 0 unspecified atom stereocenters. The van der Waals surface area contributed by atoms with Gasteiger partial charge >= 0.3 is 0 Å². The lowest BCUT2D eigenvalue weighted by molar-refractivity contribution is -0.432. The Hall–Kier alpha value is -2.43. The molecule has 0 aliphatic carbocycles. The molecule has 0 bridgehead atoms. The summed E-state index contributed by atoms with van der Waals surface area (Å²) in [4.78, 5) is -0.528. The van der Waals surface area contributed by atoms with Crippen LogP contribution in [-0.2, 0) is 29.6 Å². The molecular formula is C17H14N2O9S3. The summed E-state index contributed by atoms with van der Waals surface area (Å²) in [5.74, 6) is 0. The summed E-state index contributed by atoms with van der Waals surface area (Å²) in [6.45, 7) is 1.73. The Bertz CT molecular complexity index is 1390. The highest BCUT2D eigenvalue weighted by Gasteiger charge is 2.17. The number of benzene rings is 3. The monoisotopic (exact) mass is 486 g/mol. The molecular weight excluding hydrogens is 472 g/mol. The van der Waals surface area contributed by atoms with E-state index in [1.807, 2.05) is 0 Å². The third-order valence-corrected chi connectivity index (χ3v) is 6.44. The average Bonchev–Trinajstić information content (AvgIpc) is 2.70. The van der Waals surface area contributed by atoms with Crippen molar-refractivity contribution in [2.45, 2.75) is 21.6 Å². The van der Waals surface area contributed by atoms with Crippen molar-refractivity contribution in [1.82, 2.24) is 0 Å². The van der Waals surface area contributed by atoms with E-state index in [2.05, 4.69) is 19.6 Å². The van der Waals surface area contributed by atoms with E-state index in [4.69, 9.17) is 5.26 Å². The first-order valence-corrected chi connectivity index (χ1v) is 11.8. The molecule has 0 amide bonds. The standard InChI is InChI=1S/C17H14N2O9S3/c1-10-2-6-15(13-5-4-12(9-14(10)13)30(21,22)23)18-19-16-8-11(29-28-27-20)3-7-17(16)31(24,25)26/h2-9,20H,1H3,(H,21,22,23)(H,24,25,26). The maximum absolute atomic E-state index is 11.6. The Balaban J connectivity index is 2.12. The van der Waals surface area contributed by atoms with Crippen LogP contribution < -0.4 is 0 Å². The van der Waals surface area contributed by atoms with Gasteiger partial charge in [0.1, 0.15) is 10.6 Å². The van der Waals surface area contributed by atoms with Crippen molar-refractivity contribution in [1.29, 1.82) is 0 Å². The number of aryl methyl sites for hydroxylation is 1. The molecule has 3 aromatic rings. The highest BCUT2D eigenvalue weighted by molar-refractivity contribution is 7.94. The Kier molecular flexibility index (Phi) is 6.73. The zero-order valence-electron chi connectivity index (χ0n) is 15.5. The first-order chi connectivity index (χ1) is 14.5. The van der Waals surface area contributed by atoms with Crippen LogP contribution in [0.1, 0.15) is 5.56 Å². The second-order valence-corrected chi connectivity index (χ2v) is 9.70. The molecule has 3 rings (SSSR count). The van der Waals surface area contributed by atoms with E-state index >= 15 is 0 Å². The third kappa shape index (κ3) is 5.44.